The molecule has 1 aromatic rings. The third kappa shape index (κ3) is 4.63. The molecular formula is C15H26Cl2N4. The molecule has 0 bridgehead atoms. The Morgan fingerprint density at radius 2 is 1.90 bits per heavy atom. The minimum atomic E-state index is 0. The van der Waals surface area contributed by atoms with Crippen LogP contribution in [-0.4, -0.2) is 37.2 Å². The van der Waals surface area contributed by atoms with Gasteiger partial charge in [0.25, 0.3) is 0 Å². The minimum Gasteiger partial charge on any atom is -0.370 e. The van der Waals surface area contributed by atoms with Crippen LogP contribution in [-0.2, 0) is 0 Å². The van der Waals surface area contributed by atoms with E-state index in [1.807, 2.05) is 13.2 Å². The lowest BCUT2D eigenvalue weighted by atomic mass is 10.2. The molecule has 0 spiro atoms. The lowest BCUT2D eigenvalue weighted by Crippen LogP contribution is -2.29. The summed E-state index contributed by atoms with van der Waals surface area (Å²) in [4.78, 5) is 6.91. The van der Waals surface area contributed by atoms with Crippen LogP contribution in [0.5, 0.6) is 0 Å². The molecule has 2 fully saturated rings. The number of rotatable bonds is 4. The third-order valence-corrected chi connectivity index (χ3v) is 4.41. The molecule has 2 heterocycles. The van der Waals surface area contributed by atoms with E-state index in [1.165, 1.54) is 37.8 Å². The van der Waals surface area contributed by atoms with Gasteiger partial charge in [0.05, 0.1) is 0 Å². The molecule has 0 radical (unpaired) electrons. The van der Waals surface area contributed by atoms with Crippen LogP contribution in [0.2, 0.25) is 0 Å². The van der Waals surface area contributed by atoms with Crippen molar-refractivity contribution in [2.45, 2.75) is 44.2 Å². The first kappa shape index (κ1) is 18.3. The fourth-order valence-corrected chi connectivity index (χ4v) is 3.20. The zero-order valence-electron chi connectivity index (χ0n) is 12.5. The van der Waals surface area contributed by atoms with Gasteiger partial charge in [-0.05, 0) is 32.4 Å². The molecule has 0 unspecified atom stereocenters. The standard InChI is InChI=1S/C15H24N4.2ClH/c1-16-13-7-9-19(11-13)14-6-8-17-15(10-14)18-12-4-2-3-5-12;;/h6,8,10,12-13,16H,2-5,7,9,11H2,1H3,(H,17,18);2*1H/t13-;;/m1../s1. The molecule has 1 atom stereocenters. The van der Waals surface area contributed by atoms with Crippen LogP contribution < -0.4 is 15.5 Å². The maximum atomic E-state index is 4.46. The van der Waals surface area contributed by atoms with Crippen molar-refractivity contribution in [3.8, 4) is 0 Å². The molecule has 120 valence electrons. The van der Waals surface area contributed by atoms with E-state index in [0.29, 0.717) is 12.1 Å². The lowest BCUT2D eigenvalue weighted by Gasteiger charge is -2.20. The monoisotopic (exact) mass is 332 g/mol. The summed E-state index contributed by atoms with van der Waals surface area (Å²) in [5, 5.41) is 6.94. The number of pyridine rings is 1. The van der Waals surface area contributed by atoms with E-state index in [0.717, 1.165) is 18.9 Å². The largest absolute Gasteiger partial charge is 0.370 e. The molecule has 1 saturated heterocycles. The molecule has 1 aliphatic heterocycles. The Bertz CT molecular complexity index is 424. The van der Waals surface area contributed by atoms with Gasteiger partial charge in [0.2, 0.25) is 0 Å². The number of anilines is 2. The molecule has 2 aliphatic rings. The molecule has 0 amide bonds. The number of aromatic nitrogens is 1. The van der Waals surface area contributed by atoms with Gasteiger partial charge in [0.15, 0.2) is 0 Å². The van der Waals surface area contributed by atoms with Gasteiger partial charge in [-0.2, -0.15) is 0 Å². The first-order chi connectivity index (χ1) is 9.35. The fraction of sp³-hybridized carbons (Fsp3) is 0.667. The van der Waals surface area contributed by atoms with Crippen LogP contribution in [0.1, 0.15) is 32.1 Å². The summed E-state index contributed by atoms with van der Waals surface area (Å²) >= 11 is 0. The Hall–Kier alpha value is -0.710. The SMILES string of the molecule is CN[C@@H]1CCN(c2ccnc(NC3CCCC3)c2)C1.Cl.Cl. The van der Waals surface area contributed by atoms with Crippen molar-refractivity contribution in [1.82, 2.24) is 10.3 Å². The number of halogens is 2. The predicted octanol–water partition coefficient (Wildman–Crippen LogP) is 3.08. The molecule has 2 N–H and O–H groups in total. The normalized spacial score (nSPS) is 21.8. The summed E-state index contributed by atoms with van der Waals surface area (Å²) in [7, 11) is 2.05. The van der Waals surface area contributed by atoms with E-state index in [1.54, 1.807) is 0 Å². The average molecular weight is 333 g/mol. The number of likely N-dealkylation sites (N-methyl/N-ethyl adjacent to an activating group) is 1. The van der Waals surface area contributed by atoms with Crippen molar-refractivity contribution in [2.75, 3.05) is 30.4 Å². The highest BCUT2D eigenvalue weighted by Crippen LogP contribution is 2.25. The summed E-state index contributed by atoms with van der Waals surface area (Å²) in [6, 6.07) is 5.58. The molecule has 1 aliphatic carbocycles. The van der Waals surface area contributed by atoms with Crippen molar-refractivity contribution in [2.24, 2.45) is 0 Å². The first-order valence-electron chi connectivity index (χ1n) is 7.50. The van der Waals surface area contributed by atoms with Crippen LogP contribution >= 0.6 is 24.8 Å². The maximum absolute atomic E-state index is 4.46. The first-order valence-corrected chi connectivity index (χ1v) is 7.50. The molecule has 1 saturated carbocycles. The smallest absolute Gasteiger partial charge is 0.128 e. The Morgan fingerprint density at radius 1 is 1.14 bits per heavy atom. The van der Waals surface area contributed by atoms with Gasteiger partial charge in [-0.1, -0.05) is 12.8 Å². The predicted molar refractivity (Wildman–Crippen MR) is 94.3 cm³/mol. The zero-order chi connectivity index (χ0) is 13.1. The third-order valence-electron chi connectivity index (χ3n) is 4.41. The average Bonchev–Trinajstić information content (AvgIpc) is 3.09. The topological polar surface area (TPSA) is 40.2 Å². The minimum absolute atomic E-state index is 0. The Labute approximate surface area is 139 Å². The molecule has 3 rings (SSSR count). The zero-order valence-corrected chi connectivity index (χ0v) is 14.2. The highest BCUT2D eigenvalue weighted by atomic mass is 35.5. The second-order valence-electron chi connectivity index (χ2n) is 5.75. The molecule has 4 nitrogen and oxygen atoms in total. The van der Waals surface area contributed by atoms with Crippen LogP contribution in [0.4, 0.5) is 11.5 Å². The summed E-state index contributed by atoms with van der Waals surface area (Å²) < 4.78 is 0. The summed E-state index contributed by atoms with van der Waals surface area (Å²) in [5.41, 5.74) is 1.30. The molecule has 6 heteroatoms. The van der Waals surface area contributed by atoms with E-state index in [2.05, 4.69) is 32.7 Å². The maximum Gasteiger partial charge on any atom is 0.128 e. The number of hydrogen-bond donors (Lipinski definition) is 2. The van der Waals surface area contributed by atoms with Crippen LogP contribution in [0.15, 0.2) is 18.3 Å². The molecule has 1 aromatic heterocycles. The van der Waals surface area contributed by atoms with Gasteiger partial charge < -0.3 is 15.5 Å². The molecular weight excluding hydrogens is 307 g/mol. The van der Waals surface area contributed by atoms with E-state index in [9.17, 15) is 0 Å². The van der Waals surface area contributed by atoms with E-state index in [-0.39, 0.29) is 24.8 Å². The van der Waals surface area contributed by atoms with Gasteiger partial charge in [-0.3, -0.25) is 0 Å². The van der Waals surface area contributed by atoms with Gasteiger partial charge in [-0.25, -0.2) is 4.98 Å². The highest BCUT2D eigenvalue weighted by Gasteiger charge is 2.21. The number of hydrogen-bond acceptors (Lipinski definition) is 4. The summed E-state index contributed by atoms with van der Waals surface area (Å²) in [6.07, 6.45) is 8.44. The van der Waals surface area contributed by atoms with Gasteiger partial charge in [-0.15, -0.1) is 24.8 Å². The fourth-order valence-electron chi connectivity index (χ4n) is 3.20. The quantitative estimate of drug-likeness (QED) is 0.888. The lowest BCUT2D eigenvalue weighted by molar-refractivity contribution is 0.617. The van der Waals surface area contributed by atoms with Crippen LogP contribution in [0.3, 0.4) is 0 Å². The molecule has 0 aromatic carbocycles. The van der Waals surface area contributed by atoms with Crippen molar-refractivity contribution >= 4 is 36.3 Å². The van der Waals surface area contributed by atoms with Gasteiger partial charge in [0.1, 0.15) is 5.82 Å². The van der Waals surface area contributed by atoms with E-state index >= 15 is 0 Å². The second kappa shape index (κ2) is 8.66. The summed E-state index contributed by atoms with van der Waals surface area (Å²) in [6.45, 7) is 2.24. The number of nitrogens with one attached hydrogen (secondary N) is 2. The summed E-state index contributed by atoms with van der Waals surface area (Å²) in [5.74, 6) is 1.04. The number of nitrogens with zero attached hydrogens (tertiary/aromatic N) is 2. The van der Waals surface area contributed by atoms with E-state index < -0.39 is 0 Å². The molecule has 21 heavy (non-hydrogen) atoms. The van der Waals surface area contributed by atoms with Gasteiger partial charge >= 0.3 is 0 Å². The van der Waals surface area contributed by atoms with Crippen LogP contribution in [0, 0.1) is 0 Å². The van der Waals surface area contributed by atoms with Crippen molar-refractivity contribution in [3.63, 3.8) is 0 Å². The van der Waals surface area contributed by atoms with Crippen molar-refractivity contribution in [3.05, 3.63) is 18.3 Å². The Morgan fingerprint density at radius 3 is 2.57 bits per heavy atom. The second-order valence-corrected chi connectivity index (χ2v) is 5.75. The highest BCUT2D eigenvalue weighted by molar-refractivity contribution is 5.85. The van der Waals surface area contributed by atoms with Gasteiger partial charge in [0, 0.05) is 43.1 Å². The van der Waals surface area contributed by atoms with Crippen molar-refractivity contribution < 1.29 is 0 Å². The van der Waals surface area contributed by atoms with Crippen LogP contribution in [0.25, 0.3) is 0 Å². The Balaban J connectivity index is 0.00000110. The van der Waals surface area contributed by atoms with E-state index in [4.69, 9.17) is 0 Å². The Kier molecular flexibility index (Phi) is 7.57. The van der Waals surface area contributed by atoms with Crippen molar-refractivity contribution in [1.29, 1.82) is 0 Å².